The van der Waals surface area contributed by atoms with Crippen molar-refractivity contribution >= 4 is 38.6 Å². The minimum Gasteiger partial charge on any atom is -0.366 e. The van der Waals surface area contributed by atoms with E-state index in [9.17, 15) is 31.2 Å². The molecule has 1 aromatic carbocycles. The fraction of sp³-hybridized carbons (Fsp3) is 0.556. The Balaban J connectivity index is 1.59. The lowest BCUT2D eigenvalue weighted by molar-refractivity contribution is -0.138. The van der Waals surface area contributed by atoms with E-state index in [1.54, 1.807) is 42.9 Å². The van der Waals surface area contributed by atoms with E-state index in [0.717, 1.165) is 7.05 Å². The number of nitrogens with zero attached hydrogens (tertiary/aromatic N) is 7. The quantitative estimate of drug-likeness (QED) is 0.331. The lowest BCUT2D eigenvalue weighted by Gasteiger charge is -2.42. The summed E-state index contributed by atoms with van der Waals surface area (Å²) in [5.74, 6) is 0.0648. The summed E-state index contributed by atoms with van der Waals surface area (Å²) in [6.07, 6.45) is 0.126. The third-order valence-electron chi connectivity index (χ3n) is 7.95. The molecular formula is C27H36F3N9O5S. The van der Waals surface area contributed by atoms with Crippen molar-refractivity contribution in [2.24, 2.45) is 7.05 Å². The van der Waals surface area contributed by atoms with E-state index in [1.807, 2.05) is 0 Å². The van der Waals surface area contributed by atoms with Crippen LogP contribution >= 0.6 is 0 Å². The lowest BCUT2D eigenvalue weighted by atomic mass is 10.1. The van der Waals surface area contributed by atoms with Crippen LogP contribution in [-0.2, 0) is 28.5 Å². The zero-order valence-corrected chi connectivity index (χ0v) is 26.4. The maximum atomic E-state index is 14.1. The van der Waals surface area contributed by atoms with Crippen LogP contribution in [0, 0.1) is 0 Å². The highest BCUT2D eigenvalue weighted by Gasteiger charge is 2.42. The van der Waals surface area contributed by atoms with Crippen LogP contribution < -0.4 is 20.7 Å². The number of alkyl halides is 3. The Bertz CT molecular complexity index is 1770. The van der Waals surface area contributed by atoms with Gasteiger partial charge >= 0.3 is 12.2 Å². The highest BCUT2D eigenvalue weighted by Crippen LogP contribution is 2.37. The third kappa shape index (κ3) is 7.01. The smallest absolute Gasteiger partial charge is 0.366 e. The number of sulfonamides is 1. The zero-order valence-electron chi connectivity index (χ0n) is 25.6. The number of benzene rings is 1. The predicted molar refractivity (Wildman–Crippen MR) is 159 cm³/mol. The molecule has 0 bridgehead atoms. The third-order valence-corrected chi connectivity index (χ3v) is 9.57. The fourth-order valence-electron chi connectivity index (χ4n) is 5.42. The molecule has 18 heteroatoms. The number of halogens is 3. The zero-order chi connectivity index (χ0) is 32.9. The molecule has 1 aliphatic carbocycles. The summed E-state index contributed by atoms with van der Waals surface area (Å²) in [6, 6.07) is 1.41. The summed E-state index contributed by atoms with van der Waals surface area (Å²) < 4.78 is 71.6. The van der Waals surface area contributed by atoms with Gasteiger partial charge in [0.05, 0.1) is 35.8 Å². The van der Waals surface area contributed by atoms with Crippen LogP contribution in [-0.4, -0.2) is 102 Å². The van der Waals surface area contributed by atoms with Crippen LogP contribution in [0.15, 0.2) is 34.2 Å². The summed E-state index contributed by atoms with van der Waals surface area (Å²) in [5, 5.41) is 4.18. The molecule has 0 unspecified atom stereocenters. The second kappa shape index (κ2) is 11.8. The topological polar surface area (TPSA) is 147 Å². The number of hydrogen-bond acceptors (Lipinski definition) is 9. The van der Waals surface area contributed by atoms with Crippen molar-refractivity contribution in [2.45, 2.75) is 55.9 Å². The molecule has 1 aliphatic heterocycles. The molecule has 3 aromatic rings. The molecule has 2 N–H and O–H groups in total. The maximum Gasteiger partial charge on any atom is 0.406 e. The normalized spacial score (nSPS) is 18.4. The number of carbonyl (C=O) groups is 1. The van der Waals surface area contributed by atoms with Crippen molar-refractivity contribution in [1.29, 1.82) is 0 Å². The summed E-state index contributed by atoms with van der Waals surface area (Å²) in [7, 11) is 0.123. The predicted octanol–water partition coefficient (Wildman–Crippen LogP) is 2.11. The summed E-state index contributed by atoms with van der Waals surface area (Å²) in [4.78, 5) is 40.4. The first-order valence-corrected chi connectivity index (χ1v) is 15.7. The van der Waals surface area contributed by atoms with Crippen LogP contribution in [0.4, 0.5) is 29.6 Å². The van der Waals surface area contributed by atoms with E-state index in [4.69, 9.17) is 9.82 Å². The van der Waals surface area contributed by atoms with Gasteiger partial charge in [-0.1, -0.05) is 0 Å². The highest BCUT2D eigenvalue weighted by molar-refractivity contribution is 7.89. The van der Waals surface area contributed by atoms with Crippen molar-refractivity contribution in [3.63, 3.8) is 0 Å². The van der Waals surface area contributed by atoms with Gasteiger partial charge < -0.3 is 14.7 Å². The molecular weight excluding hydrogens is 619 g/mol. The molecule has 45 heavy (non-hydrogen) atoms. The van der Waals surface area contributed by atoms with Crippen LogP contribution in [0.2, 0.25) is 0 Å². The molecule has 0 radical (unpaired) electrons. The van der Waals surface area contributed by atoms with Gasteiger partial charge in [-0.2, -0.15) is 18.3 Å². The summed E-state index contributed by atoms with van der Waals surface area (Å²) in [6.45, 7) is 2.50. The van der Waals surface area contributed by atoms with Gasteiger partial charge in [0.2, 0.25) is 16.0 Å². The SMILES string of the molecule is CONc1nc2c(N3CCN(C(=O)N(C)CC(F)(F)F)[C@H](C)C3)cc(S(=O)(=O)NC3(C)CC3)cc2c(=O)n1Cc1cnn(C)c1. The van der Waals surface area contributed by atoms with Crippen molar-refractivity contribution in [2.75, 3.05) is 50.7 Å². The fourth-order valence-corrected chi connectivity index (χ4v) is 6.93. The number of anilines is 2. The van der Waals surface area contributed by atoms with Gasteiger partial charge in [0.15, 0.2) is 0 Å². The second-order valence-electron chi connectivity index (χ2n) is 11.9. The molecule has 3 heterocycles. The van der Waals surface area contributed by atoms with E-state index < -0.39 is 45.9 Å². The molecule has 2 amide bonds. The van der Waals surface area contributed by atoms with Crippen molar-refractivity contribution in [3.8, 4) is 0 Å². The second-order valence-corrected chi connectivity index (χ2v) is 13.6. The van der Waals surface area contributed by atoms with E-state index in [0.29, 0.717) is 29.0 Å². The molecule has 1 atom stereocenters. The number of piperazine rings is 1. The Morgan fingerprint density at radius 2 is 1.96 bits per heavy atom. The van der Waals surface area contributed by atoms with Gasteiger partial charge in [0, 0.05) is 57.1 Å². The molecule has 14 nitrogen and oxygen atoms in total. The van der Waals surface area contributed by atoms with Crippen molar-refractivity contribution in [3.05, 3.63) is 40.4 Å². The number of hydrogen-bond donors (Lipinski definition) is 2. The first-order chi connectivity index (χ1) is 21.0. The summed E-state index contributed by atoms with van der Waals surface area (Å²) >= 11 is 0. The first-order valence-electron chi connectivity index (χ1n) is 14.2. The number of aromatic nitrogens is 4. The number of rotatable bonds is 9. The number of amides is 2. The minimum atomic E-state index is -4.55. The Morgan fingerprint density at radius 1 is 1.24 bits per heavy atom. The molecule has 5 rings (SSSR count). The monoisotopic (exact) mass is 655 g/mol. The standard InChI is InChI=1S/C27H36F3N9O5S/c1-17-13-37(8-9-38(17)25(41)35(3)16-27(28,29)30)21-11-19(45(42,43)34-26(2)6-7-26)10-20-22(21)32-24(33-44-5)39(23(20)40)15-18-12-31-36(4)14-18/h10-12,14,17,34H,6-9,13,15-16H2,1-5H3,(H,32,33)/t17-/m1/s1. The largest absolute Gasteiger partial charge is 0.406 e. The van der Waals surface area contributed by atoms with Crippen molar-refractivity contribution < 1.29 is 31.2 Å². The molecule has 2 aromatic heterocycles. The van der Waals surface area contributed by atoms with Gasteiger partial charge in [-0.15, -0.1) is 0 Å². The average molecular weight is 656 g/mol. The van der Waals surface area contributed by atoms with Gasteiger partial charge in [0.1, 0.15) is 12.1 Å². The van der Waals surface area contributed by atoms with E-state index >= 15 is 0 Å². The molecule has 0 spiro atoms. The Labute approximate surface area is 257 Å². The van der Waals surface area contributed by atoms with Crippen LogP contribution in [0.3, 0.4) is 0 Å². The lowest BCUT2D eigenvalue weighted by Crippen LogP contribution is -2.57. The van der Waals surface area contributed by atoms with Gasteiger partial charge in [-0.05, 0) is 38.8 Å². The van der Waals surface area contributed by atoms with Gasteiger partial charge in [-0.3, -0.25) is 18.9 Å². The number of carbonyl (C=O) groups excluding carboxylic acids is 1. The highest BCUT2D eigenvalue weighted by atomic mass is 32.2. The van der Waals surface area contributed by atoms with Crippen LogP contribution in [0.5, 0.6) is 0 Å². The molecule has 2 aliphatic rings. The molecule has 2 fully saturated rings. The molecule has 1 saturated heterocycles. The number of fused-ring (bicyclic) bond motifs is 1. The summed E-state index contributed by atoms with van der Waals surface area (Å²) in [5.41, 5.74) is 2.73. The first kappa shape index (κ1) is 32.5. The van der Waals surface area contributed by atoms with Crippen LogP contribution in [0.1, 0.15) is 32.3 Å². The van der Waals surface area contributed by atoms with Gasteiger partial charge in [0.25, 0.3) is 5.56 Å². The average Bonchev–Trinajstić information content (AvgIpc) is 3.51. The number of urea groups is 1. The van der Waals surface area contributed by atoms with Gasteiger partial charge in [-0.25, -0.2) is 28.4 Å². The van der Waals surface area contributed by atoms with E-state index in [1.165, 1.54) is 28.7 Å². The maximum absolute atomic E-state index is 14.1. The molecule has 246 valence electrons. The Morgan fingerprint density at radius 3 is 2.53 bits per heavy atom. The van der Waals surface area contributed by atoms with Crippen molar-refractivity contribution in [1.82, 2.24) is 33.9 Å². The Hall–Kier alpha value is -3.90. The minimum absolute atomic E-state index is 0.0374. The number of aryl methyl sites for hydroxylation is 1. The Kier molecular flexibility index (Phi) is 8.52. The van der Waals surface area contributed by atoms with Crippen LogP contribution in [0.25, 0.3) is 10.9 Å². The van der Waals surface area contributed by atoms with E-state index in [-0.39, 0.29) is 47.9 Å². The van der Waals surface area contributed by atoms with E-state index in [2.05, 4.69) is 15.3 Å². The molecule has 1 saturated carbocycles. The number of nitrogens with one attached hydrogen (secondary N) is 2.